The summed E-state index contributed by atoms with van der Waals surface area (Å²) >= 11 is 6.35. The summed E-state index contributed by atoms with van der Waals surface area (Å²) in [5, 5.41) is 8.23. The molecule has 0 saturated heterocycles. The zero-order valence-corrected chi connectivity index (χ0v) is 12.7. The van der Waals surface area contributed by atoms with Gasteiger partial charge in [-0.05, 0) is 6.07 Å². The Morgan fingerprint density at radius 2 is 1.65 bits per heavy atom. The molecule has 4 aromatic rings. The van der Waals surface area contributed by atoms with E-state index >= 15 is 0 Å². The molecule has 2 heterocycles. The van der Waals surface area contributed by atoms with Gasteiger partial charge in [-0.25, -0.2) is 9.97 Å². The van der Waals surface area contributed by atoms with Crippen LogP contribution in [0.15, 0.2) is 54.6 Å². The average Bonchev–Trinajstić information content (AvgIpc) is 2.97. The van der Waals surface area contributed by atoms with Crippen LogP contribution in [0, 0.1) is 0 Å². The normalized spacial score (nSPS) is 11.0. The Balaban J connectivity index is 2.05. The summed E-state index contributed by atoms with van der Waals surface area (Å²) in [5.74, 6) is 1.01. The van der Waals surface area contributed by atoms with E-state index in [-0.39, 0.29) is 0 Å². The van der Waals surface area contributed by atoms with Crippen LogP contribution in [0.25, 0.3) is 33.7 Å². The molecule has 0 atom stereocenters. The Kier molecular flexibility index (Phi) is 3.20. The molecule has 0 fully saturated rings. The number of nitrogens with one attached hydrogen (secondary N) is 1. The van der Waals surface area contributed by atoms with Gasteiger partial charge in [0.2, 0.25) is 0 Å². The molecular weight excluding hydrogens is 310 g/mol. The fourth-order valence-corrected chi connectivity index (χ4v) is 2.74. The molecular formula is C17H12ClN5. The van der Waals surface area contributed by atoms with Crippen molar-refractivity contribution >= 4 is 28.5 Å². The van der Waals surface area contributed by atoms with Crippen LogP contribution >= 0.6 is 11.6 Å². The summed E-state index contributed by atoms with van der Waals surface area (Å²) in [6, 6.07) is 17.3. The van der Waals surface area contributed by atoms with Gasteiger partial charge in [0.25, 0.3) is 0 Å². The number of rotatable bonds is 2. The van der Waals surface area contributed by atoms with Gasteiger partial charge in [0, 0.05) is 16.1 Å². The van der Waals surface area contributed by atoms with Crippen LogP contribution in [0.4, 0.5) is 5.82 Å². The van der Waals surface area contributed by atoms with E-state index < -0.39 is 0 Å². The van der Waals surface area contributed by atoms with Crippen LogP contribution in [-0.2, 0) is 0 Å². The molecule has 0 bridgehead atoms. The Morgan fingerprint density at radius 3 is 2.43 bits per heavy atom. The maximum absolute atomic E-state index is 6.35. The van der Waals surface area contributed by atoms with Gasteiger partial charge < -0.3 is 5.73 Å². The van der Waals surface area contributed by atoms with Crippen molar-refractivity contribution < 1.29 is 0 Å². The average molecular weight is 322 g/mol. The second kappa shape index (κ2) is 5.37. The number of aromatic nitrogens is 4. The number of H-pyrrole nitrogens is 1. The number of halogens is 1. The van der Waals surface area contributed by atoms with Gasteiger partial charge in [-0.1, -0.05) is 60.1 Å². The minimum absolute atomic E-state index is 0.425. The predicted molar refractivity (Wildman–Crippen MR) is 92.0 cm³/mol. The van der Waals surface area contributed by atoms with E-state index in [1.54, 1.807) is 0 Å². The van der Waals surface area contributed by atoms with Gasteiger partial charge in [0.15, 0.2) is 11.5 Å². The third-order valence-corrected chi connectivity index (χ3v) is 3.93. The first kappa shape index (κ1) is 13.7. The first-order valence-corrected chi connectivity index (χ1v) is 7.44. The van der Waals surface area contributed by atoms with Crippen molar-refractivity contribution in [2.75, 3.05) is 5.73 Å². The van der Waals surface area contributed by atoms with Crippen molar-refractivity contribution in [1.29, 1.82) is 0 Å². The summed E-state index contributed by atoms with van der Waals surface area (Å²) in [6.07, 6.45) is 0. The van der Waals surface area contributed by atoms with Crippen LogP contribution in [0.3, 0.4) is 0 Å². The van der Waals surface area contributed by atoms with E-state index in [9.17, 15) is 0 Å². The quantitative estimate of drug-likeness (QED) is 0.586. The van der Waals surface area contributed by atoms with Crippen LogP contribution in [0.5, 0.6) is 0 Å². The molecule has 2 aromatic carbocycles. The number of benzene rings is 2. The van der Waals surface area contributed by atoms with E-state index in [0.29, 0.717) is 33.4 Å². The van der Waals surface area contributed by atoms with Gasteiger partial charge in [-0.3, -0.25) is 5.10 Å². The fraction of sp³-hybridized carbons (Fsp3) is 0. The van der Waals surface area contributed by atoms with Crippen molar-refractivity contribution in [2.45, 2.75) is 0 Å². The molecule has 0 saturated carbocycles. The lowest BCUT2D eigenvalue weighted by Gasteiger charge is -2.08. The highest BCUT2D eigenvalue weighted by Crippen LogP contribution is 2.34. The zero-order valence-electron chi connectivity index (χ0n) is 12.0. The summed E-state index contributed by atoms with van der Waals surface area (Å²) in [6.45, 7) is 0. The van der Waals surface area contributed by atoms with Crippen molar-refractivity contribution in [3.05, 3.63) is 59.6 Å². The summed E-state index contributed by atoms with van der Waals surface area (Å²) in [7, 11) is 0. The lowest BCUT2D eigenvalue weighted by atomic mass is 10.1. The smallest absolute Gasteiger partial charge is 0.187 e. The van der Waals surface area contributed by atoms with E-state index in [2.05, 4.69) is 15.2 Å². The molecule has 0 spiro atoms. The largest absolute Gasteiger partial charge is 0.383 e. The summed E-state index contributed by atoms with van der Waals surface area (Å²) in [5.41, 5.74) is 8.91. The number of anilines is 1. The number of fused-ring (bicyclic) bond motifs is 1. The monoisotopic (exact) mass is 321 g/mol. The molecule has 23 heavy (non-hydrogen) atoms. The summed E-state index contributed by atoms with van der Waals surface area (Å²) < 4.78 is 0. The second-order valence-corrected chi connectivity index (χ2v) is 5.48. The van der Waals surface area contributed by atoms with Crippen LogP contribution in [0.2, 0.25) is 5.02 Å². The maximum atomic E-state index is 6.35. The topological polar surface area (TPSA) is 80.5 Å². The van der Waals surface area contributed by atoms with Crippen molar-refractivity contribution in [3.63, 3.8) is 0 Å². The van der Waals surface area contributed by atoms with Gasteiger partial charge in [0.1, 0.15) is 5.82 Å². The van der Waals surface area contributed by atoms with E-state index in [4.69, 9.17) is 22.3 Å². The predicted octanol–water partition coefficient (Wildman–Crippen LogP) is 3.92. The first-order chi connectivity index (χ1) is 11.2. The zero-order chi connectivity index (χ0) is 15.8. The van der Waals surface area contributed by atoms with Gasteiger partial charge >= 0.3 is 0 Å². The van der Waals surface area contributed by atoms with E-state index in [1.165, 1.54) is 0 Å². The maximum Gasteiger partial charge on any atom is 0.187 e. The Hall–Kier alpha value is -2.92. The van der Waals surface area contributed by atoms with Crippen LogP contribution in [-0.4, -0.2) is 20.2 Å². The molecule has 6 heteroatoms. The minimum atomic E-state index is 0.425. The highest BCUT2D eigenvalue weighted by molar-refractivity contribution is 6.33. The SMILES string of the molecule is Nc1[nH]nc2nc(-c3ccccc3)nc(-c3ccccc3Cl)c12. The number of nitrogens with zero attached hydrogens (tertiary/aromatic N) is 3. The fourth-order valence-electron chi connectivity index (χ4n) is 2.51. The van der Waals surface area contributed by atoms with Gasteiger partial charge in [-0.15, -0.1) is 0 Å². The number of nitrogen functional groups attached to an aromatic ring is 1. The lowest BCUT2D eigenvalue weighted by molar-refractivity contribution is 1.10. The molecule has 2 aromatic heterocycles. The van der Waals surface area contributed by atoms with Gasteiger partial charge in [-0.2, -0.15) is 5.10 Å². The summed E-state index contributed by atoms with van der Waals surface area (Å²) in [4.78, 5) is 9.21. The van der Waals surface area contributed by atoms with E-state index in [1.807, 2.05) is 54.6 Å². The Bertz CT molecular complexity index is 994. The molecule has 0 amide bonds. The molecule has 0 unspecified atom stereocenters. The highest BCUT2D eigenvalue weighted by atomic mass is 35.5. The number of hydrogen-bond donors (Lipinski definition) is 2. The molecule has 112 valence electrons. The standard InChI is InChI=1S/C17H12ClN5/c18-12-9-5-4-8-11(12)14-13-15(19)22-23-17(13)21-16(20-14)10-6-2-1-3-7-10/h1-9H,(H3,19,20,21,22,23). The molecule has 4 rings (SSSR count). The van der Waals surface area contributed by atoms with Crippen LogP contribution in [0.1, 0.15) is 0 Å². The molecule has 3 N–H and O–H groups in total. The Labute approximate surface area is 137 Å². The minimum Gasteiger partial charge on any atom is -0.383 e. The number of aromatic amines is 1. The number of nitrogens with two attached hydrogens (primary N) is 1. The van der Waals surface area contributed by atoms with Crippen LogP contribution < -0.4 is 5.73 Å². The first-order valence-electron chi connectivity index (χ1n) is 7.06. The molecule has 5 nitrogen and oxygen atoms in total. The third-order valence-electron chi connectivity index (χ3n) is 3.60. The van der Waals surface area contributed by atoms with Gasteiger partial charge in [0.05, 0.1) is 11.1 Å². The molecule has 0 aliphatic carbocycles. The molecule has 0 aliphatic heterocycles. The van der Waals surface area contributed by atoms with E-state index in [0.717, 1.165) is 11.1 Å². The van der Waals surface area contributed by atoms with Crippen molar-refractivity contribution in [2.24, 2.45) is 0 Å². The second-order valence-electron chi connectivity index (χ2n) is 5.08. The van der Waals surface area contributed by atoms with Crippen molar-refractivity contribution in [3.8, 4) is 22.6 Å². The molecule has 0 aliphatic rings. The highest BCUT2D eigenvalue weighted by Gasteiger charge is 2.17. The number of hydrogen-bond acceptors (Lipinski definition) is 4. The molecule has 0 radical (unpaired) electrons. The lowest BCUT2D eigenvalue weighted by Crippen LogP contribution is -1.96. The Morgan fingerprint density at radius 1 is 0.913 bits per heavy atom. The van der Waals surface area contributed by atoms with Crippen molar-refractivity contribution in [1.82, 2.24) is 20.2 Å². The third kappa shape index (κ3) is 2.31.